The van der Waals surface area contributed by atoms with Gasteiger partial charge in [0.1, 0.15) is 11.9 Å². The molecule has 5 rings (SSSR count). The minimum Gasteiger partial charge on any atom is -0.482 e. The summed E-state index contributed by atoms with van der Waals surface area (Å²) in [5.74, 6) is -0.00709. The summed E-state index contributed by atoms with van der Waals surface area (Å²) in [6.45, 7) is 1.23. The van der Waals surface area contributed by atoms with E-state index in [1.165, 1.54) is 0 Å². The molecule has 32 heavy (non-hydrogen) atoms. The van der Waals surface area contributed by atoms with Crippen molar-refractivity contribution in [1.29, 1.82) is 0 Å². The lowest BCUT2D eigenvalue weighted by Crippen LogP contribution is -2.39. The van der Waals surface area contributed by atoms with Gasteiger partial charge in [0.05, 0.1) is 29.4 Å². The van der Waals surface area contributed by atoms with Crippen LogP contribution in [0.1, 0.15) is 23.7 Å². The van der Waals surface area contributed by atoms with Crippen molar-refractivity contribution in [3.8, 4) is 5.75 Å². The van der Waals surface area contributed by atoms with Crippen molar-refractivity contribution in [3.63, 3.8) is 0 Å². The second-order valence-corrected chi connectivity index (χ2v) is 9.46. The second kappa shape index (κ2) is 8.39. The molecule has 168 valence electrons. The molecular formula is C22H20Cl3N3O4. The van der Waals surface area contributed by atoms with Crippen molar-refractivity contribution in [2.24, 2.45) is 0 Å². The molecule has 2 aliphatic heterocycles. The van der Waals surface area contributed by atoms with Gasteiger partial charge in [-0.1, -0.05) is 34.8 Å². The van der Waals surface area contributed by atoms with Crippen LogP contribution in [0.3, 0.4) is 0 Å². The fourth-order valence-electron chi connectivity index (χ4n) is 4.69. The number of nitrogens with one attached hydrogen (secondary N) is 1. The van der Waals surface area contributed by atoms with Gasteiger partial charge in [0, 0.05) is 34.8 Å². The van der Waals surface area contributed by atoms with E-state index in [-0.39, 0.29) is 24.6 Å². The molecule has 2 heterocycles. The molecule has 0 spiro atoms. The minimum absolute atomic E-state index is 0.0516. The average Bonchev–Trinajstić information content (AvgIpc) is 3.42. The topological polar surface area (TPSA) is 82.1 Å². The molecule has 0 aromatic heterocycles. The Morgan fingerprint density at radius 1 is 1.09 bits per heavy atom. The Balaban J connectivity index is 1.52. The number of fused-ring (bicyclic) bond motifs is 1. The first-order chi connectivity index (χ1) is 15.3. The van der Waals surface area contributed by atoms with Crippen molar-refractivity contribution < 1.29 is 19.4 Å². The lowest BCUT2D eigenvalue weighted by Gasteiger charge is -2.30. The maximum absolute atomic E-state index is 12.1. The first kappa shape index (κ1) is 21.8. The quantitative estimate of drug-likeness (QED) is 0.629. The van der Waals surface area contributed by atoms with Crippen LogP contribution in [0.2, 0.25) is 15.1 Å². The number of hydrogen-bond acceptors (Lipinski definition) is 5. The summed E-state index contributed by atoms with van der Waals surface area (Å²) in [4.78, 5) is 27.5. The number of nitrogens with zero attached hydrogens (tertiary/aromatic N) is 2. The van der Waals surface area contributed by atoms with Crippen LogP contribution < -0.4 is 15.0 Å². The number of benzene rings is 2. The van der Waals surface area contributed by atoms with E-state index >= 15 is 0 Å². The number of ether oxygens (including phenoxy) is 1. The SMILES string of the molecule is O=C1CNC(=O)N1c1ccc(Cl)c(O[C@H]2c3cc(Cl)cc(Cl)c3C[C@H]2N2CC[C@@H](O)C2)c1. The molecule has 10 heteroatoms. The number of β-amino-alcohol motifs (C(OH)–C–C–N with tert-alkyl or cyclic N) is 1. The summed E-state index contributed by atoms with van der Waals surface area (Å²) in [6, 6.07) is 7.78. The lowest BCUT2D eigenvalue weighted by molar-refractivity contribution is -0.115. The first-order valence-electron chi connectivity index (χ1n) is 10.3. The van der Waals surface area contributed by atoms with Crippen LogP contribution >= 0.6 is 34.8 Å². The average molecular weight is 497 g/mol. The number of rotatable bonds is 4. The highest BCUT2D eigenvalue weighted by Gasteiger charge is 2.42. The Morgan fingerprint density at radius 3 is 2.59 bits per heavy atom. The maximum Gasteiger partial charge on any atom is 0.329 e. The predicted molar refractivity (Wildman–Crippen MR) is 122 cm³/mol. The molecule has 2 fully saturated rings. The number of hydrogen-bond donors (Lipinski definition) is 2. The first-order valence-corrected chi connectivity index (χ1v) is 11.4. The minimum atomic E-state index is -0.489. The Kier molecular flexibility index (Phi) is 5.72. The van der Waals surface area contributed by atoms with Crippen LogP contribution in [0, 0.1) is 0 Å². The van der Waals surface area contributed by atoms with Gasteiger partial charge in [0.15, 0.2) is 0 Å². The normalized spacial score (nSPS) is 25.4. The third-order valence-electron chi connectivity index (χ3n) is 6.20. The zero-order valence-corrected chi connectivity index (χ0v) is 19.1. The molecule has 0 unspecified atom stereocenters. The monoisotopic (exact) mass is 495 g/mol. The molecule has 2 aromatic rings. The van der Waals surface area contributed by atoms with Crippen LogP contribution in [-0.4, -0.2) is 53.7 Å². The van der Waals surface area contributed by atoms with Crippen molar-refractivity contribution in [3.05, 3.63) is 56.5 Å². The van der Waals surface area contributed by atoms with Crippen molar-refractivity contribution in [2.45, 2.75) is 31.1 Å². The van der Waals surface area contributed by atoms with Crippen LogP contribution in [0.4, 0.5) is 10.5 Å². The number of amides is 3. The number of carbonyl (C=O) groups excluding carboxylic acids is 2. The number of aliphatic hydroxyl groups excluding tert-OH is 1. The molecule has 2 aromatic carbocycles. The van der Waals surface area contributed by atoms with E-state index in [2.05, 4.69) is 10.2 Å². The Labute approximate surface area is 199 Å². The van der Waals surface area contributed by atoms with Crippen LogP contribution in [0.15, 0.2) is 30.3 Å². The van der Waals surface area contributed by atoms with E-state index in [4.69, 9.17) is 39.5 Å². The fraction of sp³-hybridized carbons (Fsp3) is 0.364. The fourth-order valence-corrected chi connectivity index (χ4v) is 5.44. The largest absolute Gasteiger partial charge is 0.482 e. The summed E-state index contributed by atoms with van der Waals surface area (Å²) in [7, 11) is 0. The number of carbonyl (C=O) groups is 2. The van der Waals surface area contributed by atoms with Gasteiger partial charge in [-0.15, -0.1) is 0 Å². The van der Waals surface area contributed by atoms with E-state index in [9.17, 15) is 14.7 Å². The zero-order valence-electron chi connectivity index (χ0n) is 16.9. The smallest absolute Gasteiger partial charge is 0.329 e. The Morgan fingerprint density at radius 2 is 1.91 bits per heavy atom. The van der Waals surface area contributed by atoms with Gasteiger partial charge < -0.3 is 15.2 Å². The van der Waals surface area contributed by atoms with Crippen LogP contribution in [-0.2, 0) is 11.2 Å². The van der Waals surface area contributed by atoms with Gasteiger partial charge >= 0.3 is 6.03 Å². The van der Waals surface area contributed by atoms with Crippen molar-refractivity contribution >= 4 is 52.4 Å². The molecule has 0 bridgehead atoms. The molecule has 3 amide bonds. The number of aliphatic hydroxyl groups is 1. The van der Waals surface area contributed by atoms with E-state index in [1.54, 1.807) is 24.3 Å². The highest BCUT2D eigenvalue weighted by molar-refractivity contribution is 6.35. The van der Waals surface area contributed by atoms with Gasteiger partial charge in [0.25, 0.3) is 5.91 Å². The summed E-state index contributed by atoms with van der Waals surface area (Å²) in [6.07, 6.45) is 0.510. The van der Waals surface area contributed by atoms with E-state index in [1.807, 2.05) is 6.07 Å². The van der Waals surface area contributed by atoms with Crippen LogP contribution in [0.25, 0.3) is 0 Å². The van der Waals surface area contributed by atoms with Crippen molar-refractivity contribution in [2.75, 3.05) is 24.5 Å². The Hall–Kier alpha value is -2.03. The number of imide groups is 1. The van der Waals surface area contributed by atoms with Gasteiger partial charge in [0.2, 0.25) is 0 Å². The van der Waals surface area contributed by atoms with E-state index in [0.29, 0.717) is 45.9 Å². The second-order valence-electron chi connectivity index (χ2n) is 8.21. The molecule has 3 atom stereocenters. The predicted octanol–water partition coefficient (Wildman–Crippen LogP) is 3.81. The Bertz CT molecular complexity index is 1100. The number of halogens is 3. The third kappa shape index (κ3) is 3.82. The van der Waals surface area contributed by atoms with E-state index < -0.39 is 12.1 Å². The highest BCUT2D eigenvalue weighted by Crippen LogP contribution is 2.45. The summed E-state index contributed by atoms with van der Waals surface area (Å²) in [5, 5.41) is 14.0. The summed E-state index contributed by atoms with van der Waals surface area (Å²) < 4.78 is 6.43. The summed E-state index contributed by atoms with van der Waals surface area (Å²) >= 11 is 19.2. The van der Waals surface area contributed by atoms with Crippen molar-refractivity contribution in [1.82, 2.24) is 10.2 Å². The highest BCUT2D eigenvalue weighted by atomic mass is 35.5. The number of likely N-dealkylation sites (tertiary alicyclic amines) is 1. The van der Waals surface area contributed by atoms with Gasteiger partial charge in [-0.05, 0) is 42.7 Å². The number of anilines is 1. The molecule has 2 N–H and O–H groups in total. The van der Waals surface area contributed by atoms with Gasteiger partial charge in [-0.2, -0.15) is 0 Å². The zero-order chi connectivity index (χ0) is 22.6. The maximum atomic E-state index is 12.1. The summed E-state index contributed by atoms with van der Waals surface area (Å²) in [5.41, 5.74) is 2.19. The molecule has 3 aliphatic rings. The lowest BCUT2D eigenvalue weighted by atomic mass is 10.1. The van der Waals surface area contributed by atoms with Gasteiger partial charge in [-0.25, -0.2) is 9.69 Å². The van der Waals surface area contributed by atoms with Crippen LogP contribution in [0.5, 0.6) is 5.75 Å². The standard InChI is InChI=1S/C22H20Cl3N3O4/c23-11-5-15-14(17(25)6-11)8-18(27-4-3-13(29)10-27)21(15)32-19-7-12(1-2-16(19)24)28-20(30)9-26-22(28)31/h1-2,5-7,13,18,21,29H,3-4,8-10H2,(H,26,31)/t13-,18-,21+/m1/s1. The molecule has 1 aliphatic carbocycles. The van der Waals surface area contributed by atoms with Gasteiger partial charge in [-0.3, -0.25) is 9.69 Å². The molecule has 0 saturated carbocycles. The molecule has 7 nitrogen and oxygen atoms in total. The number of urea groups is 1. The molecular weight excluding hydrogens is 477 g/mol. The third-order valence-corrected chi connectivity index (χ3v) is 7.07. The molecule has 0 radical (unpaired) electrons. The molecule has 2 saturated heterocycles. The van der Waals surface area contributed by atoms with E-state index in [0.717, 1.165) is 22.6 Å².